The van der Waals surface area contributed by atoms with E-state index >= 15 is 0 Å². The number of hydrazone groups is 1. The maximum Gasteiger partial charge on any atom is 0.247 e. The van der Waals surface area contributed by atoms with E-state index in [1.807, 2.05) is 90.5 Å². The standard InChI is InChI=1S/C24H22N4O2/c1-28-22-10-6-5-9-21(22)26-23(28)15-24(29)27-25-16-18-11-13-20(14-12-18)30-17-19-7-3-2-4-8-19/h2-14,16H,15,17H2,1H3,(H,27,29)/b25-16+. The minimum atomic E-state index is -0.215. The van der Waals surface area contributed by atoms with Gasteiger partial charge in [-0.15, -0.1) is 0 Å². The van der Waals surface area contributed by atoms with Crippen molar-refractivity contribution in [2.75, 3.05) is 0 Å². The molecule has 1 aromatic heterocycles. The Balaban J connectivity index is 1.29. The molecule has 0 radical (unpaired) electrons. The molecule has 0 unspecified atom stereocenters. The summed E-state index contributed by atoms with van der Waals surface area (Å²) < 4.78 is 7.69. The van der Waals surface area contributed by atoms with Crippen molar-refractivity contribution in [1.82, 2.24) is 15.0 Å². The van der Waals surface area contributed by atoms with E-state index in [1.54, 1.807) is 6.21 Å². The number of imidazole rings is 1. The molecule has 150 valence electrons. The second-order valence-corrected chi connectivity index (χ2v) is 6.89. The number of para-hydroxylation sites is 2. The molecule has 6 heteroatoms. The molecule has 30 heavy (non-hydrogen) atoms. The first kappa shape index (κ1) is 19.4. The summed E-state index contributed by atoms with van der Waals surface area (Å²) in [6.07, 6.45) is 1.77. The average molecular weight is 398 g/mol. The second kappa shape index (κ2) is 9.05. The molecule has 0 aliphatic carbocycles. The van der Waals surface area contributed by atoms with Crippen molar-refractivity contribution in [2.45, 2.75) is 13.0 Å². The van der Waals surface area contributed by atoms with E-state index in [4.69, 9.17) is 4.74 Å². The van der Waals surface area contributed by atoms with Crippen LogP contribution in [0.15, 0.2) is 84.0 Å². The number of amides is 1. The molecule has 1 amide bonds. The van der Waals surface area contributed by atoms with E-state index in [-0.39, 0.29) is 12.3 Å². The third-order valence-corrected chi connectivity index (χ3v) is 4.73. The number of aryl methyl sites for hydroxylation is 1. The van der Waals surface area contributed by atoms with Gasteiger partial charge in [-0.2, -0.15) is 5.10 Å². The van der Waals surface area contributed by atoms with Gasteiger partial charge in [0.15, 0.2) is 0 Å². The summed E-state index contributed by atoms with van der Waals surface area (Å²) >= 11 is 0. The van der Waals surface area contributed by atoms with Crippen molar-refractivity contribution >= 4 is 23.2 Å². The molecule has 0 spiro atoms. The van der Waals surface area contributed by atoms with E-state index in [0.717, 1.165) is 27.9 Å². The van der Waals surface area contributed by atoms with Crippen LogP contribution in [0, 0.1) is 0 Å². The lowest BCUT2D eigenvalue weighted by Crippen LogP contribution is -2.21. The van der Waals surface area contributed by atoms with Crippen molar-refractivity contribution in [2.24, 2.45) is 12.1 Å². The Morgan fingerprint density at radius 3 is 2.53 bits per heavy atom. The number of nitrogens with one attached hydrogen (secondary N) is 1. The fourth-order valence-corrected chi connectivity index (χ4v) is 3.11. The highest BCUT2D eigenvalue weighted by Crippen LogP contribution is 2.15. The summed E-state index contributed by atoms with van der Waals surface area (Å²) in [5, 5.41) is 4.04. The molecule has 0 saturated carbocycles. The van der Waals surface area contributed by atoms with Crippen molar-refractivity contribution in [3.05, 3.63) is 95.8 Å². The Morgan fingerprint density at radius 1 is 1.03 bits per heavy atom. The van der Waals surface area contributed by atoms with E-state index in [0.29, 0.717) is 12.4 Å². The van der Waals surface area contributed by atoms with Gasteiger partial charge >= 0.3 is 0 Å². The summed E-state index contributed by atoms with van der Waals surface area (Å²) in [5.41, 5.74) is 6.42. The number of carbonyl (C=O) groups excluding carboxylic acids is 1. The zero-order valence-electron chi connectivity index (χ0n) is 16.7. The molecule has 0 bridgehead atoms. The number of aromatic nitrogens is 2. The molecule has 0 saturated heterocycles. The normalized spacial score (nSPS) is 11.1. The van der Waals surface area contributed by atoms with Crippen molar-refractivity contribution in [1.29, 1.82) is 0 Å². The third-order valence-electron chi connectivity index (χ3n) is 4.73. The number of nitrogens with zero attached hydrogens (tertiary/aromatic N) is 3. The van der Waals surface area contributed by atoms with Crippen LogP contribution in [-0.4, -0.2) is 21.7 Å². The monoisotopic (exact) mass is 398 g/mol. The number of carbonyl (C=O) groups is 1. The topological polar surface area (TPSA) is 68.5 Å². The van der Waals surface area contributed by atoms with Crippen LogP contribution in [0.5, 0.6) is 5.75 Å². The van der Waals surface area contributed by atoms with Crippen molar-refractivity contribution in [3.63, 3.8) is 0 Å². The number of hydrogen-bond acceptors (Lipinski definition) is 4. The maximum absolute atomic E-state index is 12.2. The largest absolute Gasteiger partial charge is 0.489 e. The van der Waals surface area contributed by atoms with Gasteiger partial charge in [-0.05, 0) is 47.5 Å². The molecule has 4 aromatic rings. The Labute approximate surface area is 174 Å². The third kappa shape index (κ3) is 4.72. The van der Waals surface area contributed by atoms with Gasteiger partial charge < -0.3 is 9.30 Å². The Kier molecular flexibility index (Phi) is 5.85. The smallest absolute Gasteiger partial charge is 0.247 e. The molecule has 6 nitrogen and oxygen atoms in total. The SMILES string of the molecule is Cn1c(CC(=O)N/N=C/c2ccc(OCc3ccccc3)cc2)nc2ccccc21. The minimum absolute atomic E-state index is 0.161. The highest BCUT2D eigenvalue weighted by atomic mass is 16.5. The van der Waals surface area contributed by atoms with Crippen LogP contribution in [0.25, 0.3) is 11.0 Å². The molecule has 0 atom stereocenters. The predicted octanol–water partition coefficient (Wildman–Crippen LogP) is 3.85. The van der Waals surface area contributed by atoms with Gasteiger partial charge in [0.2, 0.25) is 5.91 Å². The lowest BCUT2D eigenvalue weighted by atomic mass is 10.2. The zero-order valence-corrected chi connectivity index (χ0v) is 16.7. The highest BCUT2D eigenvalue weighted by molar-refractivity contribution is 5.84. The van der Waals surface area contributed by atoms with Crippen LogP contribution in [0.4, 0.5) is 0 Å². The Hall–Kier alpha value is -3.93. The molecule has 0 aliphatic rings. The zero-order chi connectivity index (χ0) is 20.8. The number of ether oxygens (including phenoxy) is 1. The minimum Gasteiger partial charge on any atom is -0.489 e. The summed E-state index contributed by atoms with van der Waals surface area (Å²) in [6, 6.07) is 25.4. The van der Waals surface area contributed by atoms with Crippen molar-refractivity contribution < 1.29 is 9.53 Å². The molecule has 1 N–H and O–H groups in total. The molecule has 0 fully saturated rings. The lowest BCUT2D eigenvalue weighted by Gasteiger charge is -2.06. The fourth-order valence-electron chi connectivity index (χ4n) is 3.11. The van der Waals surface area contributed by atoms with Crippen LogP contribution < -0.4 is 10.2 Å². The molecule has 3 aromatic carbocycles. The Morgan fingerprint density at radius 2 is 1.77 bits per heavy atom. The van der Waals surface area contributed by atoms with E-state index in [1.165, 1.54) is 0 Å². The molecular weight excluding hydrogens is 376 g/mol. The average Bonchev–Trinajstić information content (AvgIpc) is 3.09. The van der Waals surface area contributed by atoms with Gasteiger partial charge in [0.25, 0.3) is 0 Å². The second-order valence-electron chi connectivity index (χ2n) is 6.89. The summed E-state index contributed by atoms with van der Waals surface area (Å²) in [6.45, 7) is 0.520. The lowest BCUT2D eigenvalue weighted by molar-refractivity contribution is -0.120. The number of rotatable bonds is 7. The number of hydrogen-bond donors (Lipinski definition) is 1. The van der Waals surface area contributed by atoms with Gasteiger partial charge in [-0.3, -0.25) is 4.79 Å². The van der Waals surface area contributed by atoms with E-state index in [9.17, 15) is 4.79 Å². The fraction of sp³-hybridized carbons (Fsp3) is 0.125. The van der Waals surface area contributed by atoms with Crippen LogP contribution in [0.3, 0.4) is 0 Å². The van der Waals surface area contributed by atoms with Gasteiger partial charge in [0.1, 0.15) is 18.2 Å². The van der Waals surface area contributed by atoms with Gasteiger partial charge in [0.05, 0.1) is 23.7 Å². The first-order valence-corrected chi connectivity index (χ1v) is 9.68. The van der Waals surface area contributed by atoms with Crippen LogP contribution in [-0.2, 0) is 24.9 Å². The predicted molar refractivity (Wildman–Crippen MR) is 117 cm³/mol. The van der Waals surface area contributed by atoms with Gasteiger partial charge in [0, 0.05) is 7.05 Å². The molecule has 0 aliphatic heterocycles. The highest BCUT2D eigenvalue weighted by Gasteiger charge is 2.10. The molecule has 4 rings (SSSR count). The van der Waals surface area contributed by atoms with Crippen LogP contribution in [0.2, 0.25) is 0 Å². The van der Waals surface area contributed by atoms with Crippen LogP contribution >= 0.6 is 0 Å². The van der Waals surface area contributed by atoms with Gasteiger partial charge in [-0.1, -0.05) is 42.5 Å². The summed E-state index contributed by atoms with van der Waals surface area (Å²) in [4.78, 5) is 16.7. The number of benzene rings is 3. The molecule has 1 heterocycles. The summed E-state index contributed by atoms with van der Waals surface area (Å²) in [5.74, 6) is 1.26. The quantitative estimate of drug-likeness (QED) is 0.380. The van der Waals surface area contributed by atoms with E-state index in [2.05, 4.69) is 15.5 Å². The van der Waals surface area contributed by atoms with E-state index < -0.39 is 0 Å². The summed E-state index contributed by atoms with van der Waals surface area (Å²) in [7, 11) is 1.91. The van der Waals surface area contributed by atoms with Crippen LogP contribution in [0.1, 0.15) is 17.0 Å². The van der Waals surface area contributed by atoms with Gasteiger partial charge in [-0.25, -0.2) is 10.4 Å². The first-order valence-electron chi connectivity index (χ1n) is 9.68. The maximum atomic E-state index is 12.2. The first-order chi connectivity index (χ1) is 14.7. The number of fused-ring (bicyclic) bond motifs is 1. The molecular formula is C24H22N4O2. The Bertz CT molecular complexity index is 1170. The van der Waals surface area contributed by atoms with Crippen molar-refractivity contribution in [3.8, 4) is 5.75 Å².